The molecular weight excluding hydrogens is 180 g/mol. The van der Waals surface area contributed by atoms with Crippen LogP contribution in [0.3, 0.4) is 0 Å². The number of β-amino-alcohol motifs (C(OH)–C–C–N with tert-alkyl or cyclic N) is 1. The third-order valence-corrected chi connectivity index (χ3v) is 3.42. The highest BCUT2D eigenvalue weighted by Gasteiger charge is 2.36. The van der Waals surface area contributed by atoms with E-state index < -0.39 is 6.10 Å². The molecule has 0 aromatic heterocycles. The van der Waals surface area contributed by atoms with Gasteiger partial charge in [-0.2, -0.15) is 0 Å². The van der Waals surface area contributed by atoms with Crippen LogP contribution in [0.5, 0.6) is 0 Å². The standard InChI is InChI=1S/C10H22N2O2/c1-12(6-9(14)7-13)10(8-11)4-2-3-5-10/h9,13-14H,2-8,11H2,1H3. The zero-order valence-electron chi connectivity index (χ0n) is 8.95. The topological polar surface area (TPSA) is 69.7 Å². The van der Waals surface area contributed by atoms with Crippen molar-refractivity contribution >= 4 is 0 Å². The van der Waals surface area contributed by atoms with Crippen molar-refractivity contribution in [3.8, 4) is 0 Å². The van der Waals surface area contributed by atoms with Crippen molar-refractivity contribution in [3.63, 3.8) is 0 Å². The van der Waals surface area contributed by atoms with Gasteiger partial charge in [-0.05, 0) is 19.9 Å². The number of nitrogens with zero attached hydrogens (tertiary/aromatic N) is 1. The van der Waals surface area contributed by atoms with Gasteiger partial charge in [-0.1, -0.05) is 12.8 Å². The SMILES string of the molecule is CN(CC(O)CO)C1(CN)CCCC1. The lowest BCUT2D eigenvalue weighted by Crippen LogP contribution is -2.52. The first kappa shape index (κ1) is 11.9. The maximum atomic E-state index is 9.37. The van der Waals surface area contributed by atoms with Crippen LogP contribution in [0.1, 0.15) is 25.7 Å². The first-order valence-corrected chi connectivity index (χ1v) is 5.35. The molecule has 14 heavy (non-hydrogen) atoms. The molecule has 1 atom stereocenters. The molecular formula is C10H22N2O2. The van der Waals surface area contributed by atoms with E-state index in [1.807, 2.05) is 7.05 Å². The summed E-state index contributed by atoms with van der Waals surface area (Å²) in [7, 11) is 1.98. The lowest BCUT2D eigenvalue weighted by molar-refractivity contribution is 0.0286. The number of aliphatic hydroxyl groups is 2. The number of rotatable bonds is 5. The Labute approximate surface area is 85.7 Å². The molecule has 0 aliphatic heterocycles. The molecule has 1 saturated carbocycles. The van der Waals surface area contributed by atoms with Crippen molar-refractivity contribution in [1.29, 1.82) is 0 Å². The fraction of sp³-hybridized carbons (Fsp3) is 1.00. The summed E-state index contributed by atoms with van der Waals surface area (Å²) in [5, 5.41) is 18.1. The minimum Gasteiger partial charge on any atom is -0.394 e. The summed E-state index contributed by atoms with van der Waals surface area (Å²) < 4.78 is 0. The molecule has 0 amide bonds. The molecule has 0 radical (unpaired) electrons. The van der Waals surface area contributed by atoms with E-state index in [1.165, 1.54) is 12.8 Å². The summed E-state index contributed by atoms with van der Waals surface area (Å²) in [6.07, 6.45) is 4.01. The van der Waals surface area contributed by atoms with E-state index in [9.17, 15) is 5.11 Å². The first-order valence-electron chi connectivity index (χ1n) is 5.35. The molecule has 1 aliphatic carbocycles. The lowest BCUT2D eigenvalue weighted by atomic mass is 9.95. The molecule has 0 heterocycles. The summed E-state index contributed by atoms with van der Waals surface area (Å²) in [6, 6.07) is 0. The molecule has 1 aliphatic rings. The van der Waals surface area contributed by atoms with Gasteiger partial charge in [0.1, 0.15) is 0 Å². The zero-order chi connectivity index (χ0) is 10.6. The maximum absolute atomic E-state index is 9.37. The number of hydrogen-bond donors (Lipinski definition) is 3. The summed E-state index contributed by atoms with van der Waals surface area (Å²) in [5.74, 6) is 0. The van der Waals surface area contributed by atoms with Gasteiger partial charge in [-0.25, -0.2) is 0 Å². The number of hydrogen-bond acceptors (Lipinski definition) is 4. The minimum atomic E-state index is -0.649. The molecule has 84 valence electrons. The molecule has 0 spiro atoms. The fourth-order valence-corrected chi connectivity index (χ4v) is 2.34. The Balaban J connectivity index is 2.51. The first-order chi connectivity index (χ1) is 6.64. The second-order valence-corrected chi connectivity index (χ2v) is 4.35. The number of likely N-dealkylation sites (N-methyl/N-ethyl adjacent to an activating group) is 1. The molecule has 1 unspecified atom stereocenters. The van der Waals surface area contributed by atoms with Gasteiger partial charge < -0.3 is 15.9 Å². The highest BCUT2D eigenvalue weighted by atomic mass is 16.3. The molecule has 4 N–H and O–H groups in total. The normalized spacial score (nSPS) is 22.9. The monoisotopic (exact) mass is 202 g/mol. The van der Waals surface area contributed by atoms with Gasteiger partial charge >= 0.3 is 0 Å². The van der Waals surface area contributed by atoms with Gasteiger partial charge in [0.25, 0.3) is 0 Å². The van der Waals surface area contributed by atoms with Gasteiger partial charge in [-0.15, -0.1) is 0 Å². The molecule has 0 saturated heterocycles. The van der Waals surface area contributed by atoms with Crippen LogP contribution >= 0.6 is 0 Å². The van der Waals surface area contributed by atoms with E-state index in [1.54, 1.807) is 0 Å². The van der Waals surface area contributed by atoms with Crippen LogP contribution in [0, 0.1) is 0 Å². The average Bonchev–Trinajstić information content (AvgIpc) is 2.67. The Kier molecular flexibility index (Phi) is 4.31. The van der Waals surface area contributed by atoms with Crippen molar-refractivity contribution < 1.29 is 10.2 Å². The molecule has 4 nitrogen and oxygen atoms in total. The van der Waals surface area contributed by atoms with Crippen LogP contribution in [-0.4, -0.2) is 53.5 Å². The van der Waals surface area contributed by atoms with E-state index >= 15 is 0 Å². The van der Waals surface area contributed by atoms with Crippen LogP contribution in [0.25, 0.3) is 0 Å². The van der Waals surface area contributed by atoms with Crippen molar-refractivity contribution in [2.24, 2.45) is 5.73 Å². The Bertz CT molecular complexity index is 170. The van der Waals surface area contributed by atoms with Gasteiger partial charge in [0.2, 0.25) is 0 Å². The summed E-state index contributed by atoms with van der Waals surface area (Å²) >= 11 is 0. The van der Waals surface area contributed by atoms with Crippen LogP contribution in [0.15, 0.2) is 0 Å². The predicted octanol–water partition coefficient (Wildman–Crippen LogP) is -0.457. The summed E-state index contributed by atoms with van der Waals surface area (Å²) in [4.78, 5) is 2.11. The van der Waals surface area contributed by atoms with Crippen molar-refractivity contribution in [3.05, 3.63) is 0 Å². The van der Waals surface area contributed by atoms with Gasteiger partial charge in [-0.3, -0.25) is 4.90 Å². The number of aliphatic hydroxyl groups excluding tert-OH is 2. The highest BCUT2D eigenvalue weighted by molar-refractivity contribution is 4.95. The Morgan fingerprint density at radius 1 is 1.43 bits per heavy atom. The van der Waals surface area contributed by atoms with E-state index in [2.05, 4.69) is 4.90 Å². The van der Waals surface area contributed by atoms with E-state index in [0.29, 0.717) is 13.1 Å². The van der Waals surface area contributed by atoms with Crippen molar-refractivity contribution in [1.82, 2.24) is 4.90 Å². The fourth-order valence-electron chi connectivity index (χ4n) is 2.34. The average molecular weight is 202 g/mol. The Morgan fingerprint density at radius 2 is 2.00 bits per heavy atom. The second kappa shape index (κ2) is 5.07. The minimum absolute atomic E-state index is 0.0656. The third kappa shape index (κ3) is 2.45. The van der Waals surface area contributed by atoms with E-state index in [4.69, 9.17) is 10.8 Å². The summed E-state index contributed by atoms with van der Waals surface area (Å²) in [5.41, 5.74) is 5.87. The Hall–Kier alpha value is -0.160. The summed E-state index contributed by atoms with van der Waals surface area (Å²) in [6.45, 7) is 0.973. The highest BCUT2D eigenvalue weighted by Crippen LogP contribution is 2.33. The van der Waals surface area contributed by atoms with Gasteiger partial charge in [0.05, 0.1) is 12.7 Å². The predicted molar refractivity (Wildman–Crippen MR) is 56.0 cm³/mol. The molecule has 0 aromatic rings. The van der Waals surface area contributed by atoms with Crippen LogP contribution in [0.4, 0.5) is 0 Å². The zero-order valence-corrected chi connectivity index (χ0v) is 8.95. The van der Waals surface area contributed by atoms with Gasteiger partial charge in [0, 0.05) is 18.6 Å². The smallest absolute Gasteiger partial charge is 0.0897 e. The third-order valence-electron chi connectivity index (χ3n) is 3.42. The van der Waals surface area contributed by atoms with Crippen molar-refractivity contribution in [2.45, 2.75) is 37.3 Å². The number of nitrogens with two attached hydrogens (primary N) is 1. The molecule has 1 fully saturated rings. The Morgan fingerprint density at radius 3 is 2.43 bits per heavy atom. The van der Waals surface area contributed by atoms with Crippen LogP contribution < -0.4 is 5.73 Å². The molecule has 1 rings (SSSR count). The lowest BCUT2D eigenvalue weighted by Gasteiger charge is -2.38. The van der Waals surface area contributed by atoms with E-state index in [0.717, 1.165) is 12.8 Å². The molecule has 0 bridgehead atoms. The van der Waals surface area contributed by atoms with E-state index in [-0.39, 0.29) is 12.1 Å². The van der Waals surface area contributed by atoms with Crippen molar-refractivity contribution in [2.75, 3.05) is 26.7 Å². The molecule has 4 heteroatoms. The second-order valence-electron chi connectivity index (χ2n) is 4.35. The largest absolute Gasteiger partial charge is 0.394 e. The van der Waals surface area contributed by atoms with Gasteiger partial charge in [0.15, 0.2) is 0 Å². The quantitative estimate of drug-likeness (QED) is 0.564. The maximum Gasteiger partial charge on any atom is 0.0897 e. The van der Waals surface area contributed by atoms with Crippen LogP contribution in [-0.2, 0) is 0 Å². The molecule has 0 aromatic carbocycles. The van der Waals surface area contributed by atoms with Crippen LogP contribution in [0.2, 0.25) is 0 Å².